The molecule has 0 aromatic heterocycles. The van der Waals surface area contributed by atoms with Gasteiger partial charge in [0, 0.05) is 24.8 Å². The predicted octanol–water partition coefficient (Wildman–Crippen LogP) is 3.31. The van der Waals surface area contributed by atoms with Crippen LogP contribution in [0.15, 0.2) is 42.5 Å². The van der Waals surface area contributed by atoms with Crippen molar-refractivity contribution in [3.05, 3.63) is 59.2 Å². The summed E-state index contributed by atoms with van der Waals surface area (Å²) in [5.41, 5.74) is 10.9. The largest absolute Gasteiger partial charge is 0.497 e. The highest BCUT2D eigenvalue weighted by atomic mass is 16.5. The van der Waals surface area contributed by atoms with Crippen molar-refractivity contribution < 1.29 is 4.74 Å². The van der Waals surface area contributed by atoms with Gasteiger partial charge in [0.25, 0.3) is 0 Å². The minimum absolute atomic E-state index is 0.553. The first-order valence-electron chi connectivity index (χ1n) is 8.40. The van der Waals surface area contributed by atoms with Gasteiger partial charge in [0.05, 0.1) is 7.11 Å². The molecule has 2 aromatic rings. The average Bonchev–Trinajstić information content (AvgIpc) is 2.72. The van der Waals surface area contributed by atoms with Gasteiger partial charge in [-0.05, 0) is 67.1 Å². The number of nitrogen functional groups attached to an aromatic ring is 1. The van der Waals surface area contributed by atoms with Crippen molar-refractivity contribution in [3.63, 3.8) is 0 Å². The summed E-state index contributed by atoms with van der Waals surface area (Å²) >= 11 is 0. The van der Waals surface area contributed by atoms with E-state index in [2.05, 4.69) is 42.2 Å². The molecule has 0 amide bonds. The van der Waals surface area contributed by atoms with Gasteiger partial charge in [0.1, 0.15) is 5.75 Å². The van der Waals surface area contributed by atoms with Gasteiger partial charge in [0.15, 0.2) is 0 Å². The Kier molecular flexibility index (Phi) is 4.87. The summed E-state index contributed by atoms with van der Waals surface area (Å²) in [4.78, 5) is 2.60. The number of benzene rings is 2. The van der Waals surface area contributed by atoms with E-state index in [0.29, 0.717) is 6.04 Å². The SMILES string of the molecule is COc1ccc2c(c1)C[C@@H](C)N(CCc1ccc(N)cc1)CC2. The van der Waals surface area contributed by atoms with Crippen molar-refractivity contribution >= 4 is 5.69 Å². The van der Waals surface area contributed by atoms with Crippen molar-refractivity contribution in [2.75, 3.05) is 25.9 Å². The standard InChI is InChI=1S/C20H26N2O/c1-15-13-18-14-20(23-2)8-5-17(18)10-12-22(15)11-9-16-3-6-19(21)7-4-16/h3-8,14-15H,9-13,21H2,1-2H3/t15-/m1/s1. The molecular formula is C20H26N2O. The molecule has 0 fully saturated rings. The summed E-state index contributed by atoms with van der Waals surface area (Å²) in [5, 5.41) is 0. The second-order valence-electron chi connectivity index (χ2n) is 6.47. The first kappa shape index (κ1) is 15.9. The maximum Gasteiger partial charge on any atom is 0.119 e. The van der Waals surface area contributed by atoms with Crippen LogP contribution in [-0.2, 0) is 19.3 Å². The zero-order valence-corrected chi connectivity index (χ0v) is 14.1. The van der Waals surface area contributed by atoms with Crippen LogP contribution in [-0.4, -0.2) is 31.1 Å². The molecule has 3 heteroatoms. The number of hydrogen-bond acceptors (Lipinski definition) is 3. The van der Waals surface area contributed by atoms with Crippen LogP contribution in [0.3, 0.4) is 0 Å². The molecule has 1 aliphatic rings. The summed E-state index contributed by atoms with van der Waals surface area (Å²) in [6, 6.07) is 15.3. The molecule has 0 saturated heterocycles. The molecule has 1 heterocycles. The highest BCUT2D eigenvalue weighted by Crippen LogP contribution is 2.24. The highest BCUT2D eigenvalue weighted by Gasteiger charge is 2.20. The van der Waals surface area contributed by atoms with Crippen LogP contribution in [0.4, 0.5) is 5.69 Å². The second kappa shape index (κ2) is 7.05. The number of nitrogens with zero attached hydrogens (tertiary/aromatic N) is 1. The van der Waals surface area contributed by atoms with E-state index in [4.69, 9.17) is 10.5 Å². The van der Waals surface area contributed by atoms with Crippen LogP contribution in [0.1, 0.15) is 23.6 Å². The lowest BCUT2D eigenvalue weighted by Gasteiger charge is -2.27. The van der Waals surface area contributed by atoms with Gasteiger partial charge in [-0.25, -0.2) is 0 Å². The molecule has 1 atom stereocenters. The van der Waals surface area contributed by atoms with Gasteiger partial charge in [-0.3, -0.25) is 4.90 Å². The molecule has 1 aliphatic heterocycles. The summed E-state index contributed by atoms with van der Waals surface area (Å²) in [7, 11) is 1.74. The molecule has 0 saturated carbocycles. The molecule has 0 unspecified atom stereocenters. The maximum atomic E-state index is 5.76. The fourth-order valence-corrected chi connectivity index (χ4v) is 3.38. The van der Waals surface area contributed by atoms with E-state index >= 15 is 0 Å². The Morgan fingerprint density at radius 3 is 2.65 bits per heavy atom. The summed E-state index contributed by atoms with van der Waals surface area (Å²) in [5.74, 6) is 0.964. The fourth-order valence-electron chi connectivity index (χ4n) is 3.38. The van der Waals surface area contributed by atoms with Crippen molar-refractivity contribution in [1.82, 2.24) is 4.90 Å². The number of fused-ring (bicyclic) bond motifs is 1. The Hall–Kier alpha value is -2.00. The quantitative estimate of drug-likeness (QED) is 0.881. The average molecular weight is 310 g/mol. The van der Waals surface area contributed by atoms with Crippen LogP contribution in [0.25, 0.3) is 0 Å². The van der Waals surface area contributed by atoms with Gasteiger partial charge in [0.2, 0.25) is 0 Å². The number of nitrogens with two attached hydrogens (primary N) is 1. The molecular weight excluding hydrogens is 284 g/mol. The zero-order chi connectivity index (χ0) is 16.2. The number of anilines is 1. The lowest BCUT2D eigenvalue weighted by molar-refractivity contribution is 0.219. The van der Waals surface area contributed by atoms with E-state index in [1.165, 1.54) is 16.7 Å². The fraction of sp³-hybridized carbons (Fsp3) is 0.400. The normalized spacial score (nSPS) is 18.3. The second-order valence-corrected chi connectivity index (χ2v) is 6.47. The minimum atomic E-state index is 0.553. The van der Waals surface area contributed by atoms with Crippen LogP contribution in [0.5, 0.6) is 5.75 Å². The Morgan fingerprint density at radius 2 is 1.91 bits per heavy atom. The van der Waals surface area contributed by atoms with Gasteiger partial charge < -0.3 is 10.5 Å². The Labute approximate surface area is 139 Å². The number of methoxy groups -OCH3 is 1. The third-order valence-corrected chi connectivity index (χ3v) is 4.89. The van der Waals surface area contributed by atoms with E-state index < -0.39 is 0 Å². The molecule has 122 valence electrons. The molecule has 0 radical (unpaired) electrons. The van der Waals surface area contributed by atoms with E-state index in [1.54, 1.807) is 7.11 Å². The molecule has 0 bridgehead atoms. The molecule has 23 heavy (non-hydrogen) atoms. The van der Waals surface area contributed by atoms with Crippen LogP contribution in [0, 0.1) is 0 Å². The number of rotatable bonds is 4. The van der Waals surface area contributed by atoms with Crippen LogP contribution >= 0.6 is 0 Å². The van der Waals surface area contributed by atoms with Gasteiger partial charge in [-0.15, -0.1) is 0 Å². The molecule has 2 aromatic carbocycles. The molecule has 0 aliphatic carbocycles. The third-order valence-electron chi connectivity index (χ3n) is 4.89. The van der Waals surface area contributed by atoms with E-state index in [1.807, 2.05) is 12.1 Å². The Bertz CT molecular complexity index is 651. The van der Waals surface area contributed by atoms with Crippen molar-refractivity contribution in [2.24, 2.45) is 0 Å². The molecule has 0 spiro atoms. The summed E-state index contributed by atoms with van der Waals surface area (Å²) in [6.07, 6.45) is 3.28. The van der Waals surface area contributed by atoms with Gasteiger partial charge >= 0.3 is 0 Å². The molecule has 2 N–H and O–H groups in total. The third kappa shape index (κ3) is 3.85. The number of ether oxygens (including phenoxy) is 1. The lowest BCUT2D eigenvalue weighted by atomic mass is 10.0. The summed E-state index contributed by atoms with van der Waals surface area (Å²) < 4.78 is 5.37. The van der Waals surface area contributed by atoms with Crippen molar-refractivity contribution in [2.45, 2.75) is 32.2 Å². The lowest BCUT2D eigenvalue weighted by Crippen LogP contribution is -2.36. The molecule has 3 nitrogen and oxygen atoms in total. The first-order chi connectivity index (χ1) is 11.2. The van der Waals surface area contributed by atoms with Gasteiger partial charge in [-0.1, -0.05) is 18.2 Å². The highest BCUT2D eigenvalue weighted by molar-refractivity contribution is 5.39. The van der Waals surface area contributed by atoms with E-state index in [-0.39, 0.29) is 0 Å². The molecule has 3 rings (SSSR count). The topological polar surface area (TPSA) is 38.5 Å². The number of hydrogen-bond donors (Lipinski definition) is 1. The van der Waals surface area contributed by atoms with Crippen molar-refractivity contribution in [3.8, 4) is 5.75 Å². The Morgan fingerprint density at radius 1 is 1.13 bits per heavy atom. The smallest absolute Gasteiger partial charge is 0.119 e. The first-order valence-corrected chi connectivity index (χ1v) is 8.40. The van der Waals surface area contributed by atoms with Crippen LogP contribution in [0.2, 0.25) is 0 Å². The van der Waals surface area contributed by atoms with Crippen LogP contribution < -0.4 is 10.5 Å². The maximum absolute atomic E-state index is 5.76. The minimum Gasteiger partial charge on any atom is -0.497 e. The zero-order valence-electron chi connectivity index (χ0n) is 14.1. The monoisotopic (exact) mass is 310 g/mol. The van der Waals surface area contributed by atoms with Crippen molar-refractivity contribution in [1.29, 1.82) is 0 Å². The predicted molar refractivity (Wildman–Crippen MR) is 96.0 cm³/mol. The van der Waals surface area contributed by atoms with Gasteiger partial charge in [-0.2, -0.15) is 0 Å². The Balaban J connectivity index is 1.65. The van der Waals surface area contributed by atoms with E-state index in [9.17, 15) is 0 Å². The summed E-state index contributed by atoms with van der Waals surface area (Å²) in [6.45, 7) is 4.54. The van der Waals surface area contributed by atoms with E-state index in [0.717, 1.165) is 43.8 Å².